The van der Waals surface area contributed by atoms with E-state index in [0.29, 0.717) is 23.0 Å². The third-order valence-corrected chi connectivity index (χ3v) is 4.25. The SMILES string of the molecule is CC1(C)CCC(C(=O)C2CCC2)CC1. The number of hydrogen-bond acceptors (Lipinski definition) is 1. The molecule has 0 aliphatic heterocycles. The molecule has 1 nitrogen and oxygen atoms in total. The van der Waals surface area contributed by atoms with Gasteiger partial charge in [0.2, 0.25) is 0 Å². The van der Waals surface area contributed by atoms with Crippen molar-refractivity contribution >= 4 is 5.78 Å². The standard InChI is InChI=1S/C13H22O/c1-13(2)8-6-11(7-9-13)12(14)10-4-3-5-10/h10-11H,3-9H2,1-2H3. The van der Waals surface area contributed by atoms with Gasteiger partial charge in [-0.3, -0.25) is 4.79 Å². The van der Waals surface area contributed by atoms with Crippen LogP contribution in [0.15, 0.2) is 0 Å². The van der Waals surface area contributed by atoms with Crippen LogP contribution in [-0.4, -0.2) is 5.78 Å². The zero-order chi connectivity index (χ0) is 10.2. The molecule has 0 aromatic heterocycles. The normalized spacial score (nSPS) is 28.4. The van der Waals surface area contributed by atoms with Crippen LogP contribution in [0.3, 0.4) is 0 Å². The molecule has 0 unspecified atom stereocenters. The van der Waals surface area contributed by atoms with Gasteiger partial charge in [-0.05, 0) is 43.9 Å². The Morgan fingerprint density at radius 1 is 1.00 bits per heavy atom. The maximum Gasteiger partial charge on any atom is 0.139 e. The fourth-order valence-corrected chi connectivity index (χ4v) is 2.71. The molecule has 14 heavy (non-hydrogen) atoms. The van der Waals surface area contributed by atoms with E-state index in [1.807, 2.05) is 0 Å². The number of carbonyl (C=O) groups is 1. The Balaban J connectivity index is 1.85. The van der Waals surface area contributed by atoms with Crippen molar-refractivity contribution in [2.45, 2.75) is 58.8 Å². The quantitative estimate of drug-likeness (QED) is 0.656. The lowest BCUT2D eigenvalue weighted by Gasteiger charge is -2.36. The van der Waals surface area contributed by atoms with Gasteiger partial charge in [0.25, 0.3) is 0 Å². The minimum Gasteiger partial charge on any atom is -0.299 e. The number of Topliss-reactive ketones (excluding diaryl/α,β-unsaturated/α-hetero) is 1. The van der Waals surface area contributed by atoms with Crippen LogP contribution >= 0.6 is 0 Å². The molecule has 0 N–H and O–H groups in total. The first-order valence-corrected chi connectivity index (χ1v) is 6.12. The van der Waals surface area contributed by atoms with Gasteiger partial charge in [0.05, 0.1) is 0 Å². The molecule has 2 rings (SSSR count). The highest BCUT2D eigenvalue weighted by Gasteiger charge is 2.35. The molecule has 2 aliphatic carbocycles. The van der Waals surface area contributed by atoms with E-state index in [2.05, 4.69) is 13.8 Å². The Bertz CT molecular complexity index is 215. The van der Waals surface area contributed by atoms with Gasteiger partial charge in [0.1, 0.15) is 5.78 Å². The molecule has 0 bridgehead atoms. The average molecular weight is 194 g/mol. The van der Waals surface area contributed by atoms with Crippen LogP contribution in [0, 0.1) is 17.3 Å². The predicted octanol–water partition coefficient (Wildman–Crippen LogP) is 3.57. The summed E-state index contributed by atoms with van der Waals surface area (Å²) in [5.41, 5.74) is 0.496. The van der Waals surface area contributed by atoms with Crippen LogP contribution in [0.25, 0.3) is 0 Å². The molecule has 0 amide bonds. The van der Waals surface area contributed by atoms with Gasteiger partial charge in [-0.1, -0.05) is 20.3 Å². The highest BCUT2D eigenvalue weighted by molar-refractivity contribution is 5.84. The van der Waals surface area contributed by atoms with Gasteiger partial charge in [0, 0.05) is 11.8 Å². The second-order valence-electron chi connectivity index (χ2n) is 5.97. The van der Waals surface area contributed by atoms with E-state index in [4.69, 9.17) is 0 Å². The van der Waals surface area contributed by atoms with Crippen LogP contribution in [0.5, 0.6) is 0 Å². The van der Waals surface area contributed by atoms with Crippen LogP contribution in [0.1, 0.15) is 58.8 Å². The first kappa shape index (κ1) is 10.2. The maximum atomic E-state index is 12.0. The summed E-state index contributed by atoms with van der Waals surface area (Å²) in [5, 5.41) is 0. The van der Waals surface area contributed by atoms with Gasteiger partial charge in [-0.15, -0.1) is 0 Å². The molecule has 0 radical (unpaired) electrons. The van der Waals surface area contributed by atoms with Gasteiger partial charge in [-0.2, -0.15) is 0 Å². The zero-order valence-corrected chi connectivity index (χ0v) is 9.51. The van der Waals surface area contributed by atoms with Crippen LogP contribution in [-0.2, 0) is 4.79 Å². The van der Waals surface area contributed by atoms with Crippen molar-refractivity contribution in [1.29, 1.82) is 0 Å². The Morgan fingerprint density at radius 2 is 1.50 bits per heavy atom. The Labute approximate surface area is 87.3 Å². The van der Waals surface area contributed by atoms with E-state index in [1.54, 1.807) is 0 Å². The summed E-state index contributed by atoms with van der Waals surface area (Å²) in [4.78, 5) is 12.0. The number of rotatable bonds is 2. The summed E-state index contributed by atoms with van der Waals surface area (Å²) in [6.45, 7) is 4.66. The molecule has 0 heterocycles. The molecule has 1 heteroatoms. The largest absolute Gasteiger partial charge is 0.299 e. The topological polar surface area (TPSA) is 17.1 Å². The smallest absolute Gasteiger partial charge is 0.139 e. The maximum absolute atomic E-state index is 12.0. The van der Waals surface area contributed by atoms with E-state index in [0.717, 1.165) is 12.8 Å². The first-order valence-electron chi connectivity index (χ1n) is 6.12. The first-order chi connectivity index (χ1) is 6.58. The summed E-state index contributed by atoms with van der Waals surface area (Å²) < 4.78 is 0. The van der Waals surface area contributed by atoms with E-state index >= 15 is 0 Å². The number of hydrogen-bond donors (Lipinski definition) is 0. The fourth-order valence-electron chi connectivity index (χ4n) is 2.71. The van der Waals surface area contributed by atoms with Crippen molar-refractivity contribution in [3.8, 4) is 0 Å². The molecule has 2 saturated carbocycles. The summed E-state index contributed by atoms with van der Waals surface area (Å²) in [7, 11) is 0. The minimum atomic E-state index is 0.424. The van der Waals surface area contributed by atoms with Crippen LogP contribution in [0.4, 0.5) is 0 Å². The molecular formula is C13H22O. The Morgan fingerprint density at radius 3 is 1.93 bits per heavy atom. The fraction of sp³-hybridized carbons (Fsp3) is 0.923. The zero-order valence-electron chi connectivity index (χ0n) is 9.51. The molecule has 0 aromatic rings. The summed E-state index contributed by atoms with van der Waals surface area (Å²) >= 11 is 0. The second-order valence-corrected chi connectivity index (χ2v) is 5.97. The Hall–Kier alpha value is -0.330. The molecule has 0 atom stereocenters. The van der Waals surface area contributed by atoms with E-state index in [1.165, 1.54) is 32.1 Å². The van der Waals surface area contributed by atoms with Crippen molar-refractivity contribution in [3.63, 3.8) is 0 Å². The monoisotopic (exact) mass is 194 g/mol. The molecule has 0 aromatic carbocycles. The minimum absolute atomic E-state index is 0.424. The van der Waals surface area contributed by atoms with E-state index < -0.39 is 0 Å². The van der Waals surface area contributed by atoms with Gasteiger partial charge < -0.3 is 0 Å². The lowest BCUT2D eigenvalue weighted by atomic mass is 9.68. The average Bonchev–Trinajstić information content (AvgIpc) is 2.00. The summed E-state index contributed by atoms with van der Waals surface area (Å²) in [6.07, 6.45) is 8.45. The van der Waals surface area contributed by atoms with Crippen LogP contribution < -0.4 is 0 Å². The molecular weight excluding hydrogens is 172 g/mol. The number of carbonyl (C=O) groups excluding carboxylic acids is 1. The molecule has 2 fully saturated rings. The van der Waals surface area contributed by atoms with Gasteiger partial charge >= 0.3 is 0 Å². The molecule has 80 valence electrons. The molecule has 0 saturated heterocycles. The molecule has 2 aliphatic rings. The predicted molar refractivity (Wildman–Crippen MR) is 58.1 cm³/mol. The lowest BCUT2D eigenvalue weighted by Crippen LogP contribution is -2.33. The van der Waals surface area contributed by atoms with Crippen LogP contribution in [0.2, 0.25) is 0 Å². The van der Waals surface area contributed by atoms with Crippen molar-refractivity contribution in [1.82, 2.24) is 0 Å². The third-order valence-electron chi connectivity index (χ3n) is 4.25. The highest BCUT2D eigenvalue weighted by atomic mass is 16.1. The number of ketones is 1. The Kier molecular flexibility index (Phi) is 2.68. The van der Waals surface area contributed by atoms with E-state index in [-0.39, 0.29) is 0 Å². The molecule has 0 spiro atoms. The third kappa shape index (κ3) is 2.02. The highest BCUT2D eigenvalue weighted by Crippen LogP contribution is 2.41. The van der Waals surface area contributed by atoms with Crippen molar-refractivity contribution in [3.05, 3.63) is 0 Å². The van der Waals surface area contributed by atoms with Gasteiger partial charge in [-0.25, -0.2) is 0 Å². The van der Waals surface area contributed by atoms with Gasteiger partial charge in [0.15, 0.2) is 0 Å². The summed E-state index contributed by atoms with van der Waals surface area (Å²) in [5.74, 6) is 1.49. The van der Waals surface area contributed by atoms with Crippen molar-refractivity contribution < 1.29 is 4.79 Å². The second kappa shape index (κ2) is 3.67. The summed E-state index contributed by atoms with van der Waals surface area (Å²) in [6, 6.07) is 0. The van der Waals surface area contributed by atoms with Crippen molar-refractivity contribution in [2.24, 2.45) is 17.3 Å². The van der Waals surface area contributed by atoms with E-state index in [9.17, 15) is 4.79 Å². The lowest BCUT2D eigenvalue weighted by molar-refractivity contribution is -0.130. The van der Waals surface area contributed by atoms with Crippen molar-refractivity contribution in [2.75, 3.05) is 0 Å².